The van der Waals surface area contributed by atoms with Gasteiger partial charge in [-0.25, -0.2) is 0 Å². The SMILES string of the molecule is CN1CCO[C@H](CNCc2cc(Cl)c3c(c2)OCCO3)C1. The molecule has 2 heterocycles. The van der Waals surface area contributed by atoms with E-state index in [9.17, 15) is 0 Å². The van der Waals surface area contributed by atoms with Gasteiger partial charge in [-0.2, -0.15) is 0 Å². The van der Waals surface area contributed by atoms with Crippen molar-refractivity contribution >= 4 is 11.6 Å². The fourth-order valence-electron chi connectivity index (χ4n) is 2.63. The zero-order valence-corrected chi connectivity index (χ0v) is 13.0. The molecule has 21 heavy (non-hydrogen) atoms. The highest BCUT2D eigenvalue weighted by Crippen LogP contribution is 2.38. The van der Waals surface area contributed by atoms with Crippen molar-refractivity contribution in [1.29, 1.82) is 0 Å². The molecule has 1 fully saturated rings. The number of nitrogens with one attached hydrogen (secondary N) is 1. The van der Waals surface area contributed by atoms with Crippen LogP contribution in [-0.4, -0.2) is 57.5 Å². The molecule has 0 aromatic heterocycles. The summed E-state index contributed by atoms with van der Waals surface area (Å²) < 4.78 is 16.8. The molecule has 0 amide bonds. The standard InChI is InChI=1S/C15H21ClN2O3/c1-18-2-3-19-12(10-18)9-17-8-11-6-13(16)15-14(7-11)20-4-5-21-15/h6-7,12,17H,2-5,8-10H2,1H3/t12-/m1/s1. The summed E-state index contributed by atoms with van der Waals surface area (Å²) in [7, 11) is 2.12. The van der Waals surface area contributed by atoms with Crippen molar-refractivity contribution in [3.8, 4) is 11.5 Å². The third-order valence-corrected chi connectivity index (χ3v) is 3.98. The molecule has 0 spiro atoms. The number of hydrogen-bond donors (Lipinski definition) is 1. The maximum atomic E-state index is 6.23. The molecule has 2 aliphatic rings. The van der Waals surface area contributed by atoms with Gasteiger partial charge in [-0.1, -0.05) is 11.6 Å². The molecule has 5 nitrogen and oxygen atoms in total. The Morgan fingerprint density at radius 2 is 2.14 bits per heavy atom. The van der Waals surface area contributed by atoms with E-state index in [1.165, 1.54) is 0 Å². The average molecular weight is 313 g/mol. The Bertz CT molecular complexity index is 498. The summed E-state index contributed by atoms with van der Waals surface area (Å²) in [5, 5.41) is 4.03. The minimum Gasteiger partial charge on any atom is -0.486 e. The molecule has 3 rings (SSSR count). The molecule has 0 aliphatic carbocycles. The Morgan fingerprint density at radius 1 is 1.29 bits per heavy atom. The summed E-state index contributed by atoms with van der Waals surface area (Å²) in [5.74, 6) is 1.39. The number of rotatable bonds is 4. The second-order valence-electron chi connectivity index (χ2n) is 5.49. The molecule has 0 unspecified atom stereocenters. The molecular weight excluding hydrogens is 292 g/mol. The van der Waals surface area contributed by atoms with Crippen LogP contribution in [0, 0.1) is 0 Å². The van der Waals surface area contributed by atoms with Crippen LogP contribution in [-0.2, 0) is 11.3 Å². The number of ether oxygens (including phenoxy) is 3. The molecule has 1 aromatic carbocycles. The monoisotopic (exact) mass is 312 g/mol. The van der Waals surface area contributed by atoms with Crippen LogP contribution in [0.2, 0.25) is 5.02 Å². The summed E-state index contributed by atoms with van der Waals surface area (Å²) in [6.45, 7) is 5.47. The van der Waals surface area contributed by atoms with Crippen LogP contribution in [0.4, 0.5) is 0 Å². The first kappa shape index (κ1) is 14.9. The fraction of sp³-hybridized carbons (Fsp3) is 0.600. The van der Waals surface area contributed by atoms with Gasteiger partial charge in [-0.15, -0.1) is 0 Å². The molecule has 0 radical (unpaired) electrons. The van der Waals surface area contributed by atoms with Gasteiger partial charge in [0.05, 0.1) is 17.7 Å². The Balaban J connectivity index is 1.54. The van der Waals surface area contributed by atoms with Gasteiger partial charge in [-0.3, -0.25) is 0 Å². The molecule has 6 heteroatoms. The van der Waals surface area contributed by atoms with Crippen LogP contribution in [0.25, 0.3) is 0 Å². The lowest BCUT2D eigenvalue weighted by Gasteiger charge is -2.30. The van der Waals surface area contributed by atoms with Crippen molar-refractivity contribution in [2.45, 2.75) is 12.6 Å². The number of hydrogen-bond acceptors (Lipinski definition) is 5. The fourth-order valence-corrected chi connectivity index (χ4v) is 2.92. The van der Waals surface area contributed by atoms with Crippen molar-refractivity contribution in [2.24, 2.45) is 0 Å². The van der Waals surface area contributed by atoms with Crippen LogP contribution in [0.15, 0.2) is 12.1 Å². The van der Waals surface area contributed by atoms with E-state index in [0.29, 0.717) is 24.0 Å². The third-order valence-electron chi connectivity index (χ3n) is 3.70. The molecule has 1 N–H and O–H groups in total. The van der Waals surface area contributed by atoms with Crippen LogP contribution in [0.5, 0.6) is 11.5 Å². The summed E-state index contributed by atoms with van der Waals surface area (Å²) >= 11 is 6.23. The Kier molecular flexibility index (Phi) is 4.85. The summed E-state index contributed by atoms with van der Waals surface area (Å²) in [6.07, 6.45) is 0.247. The van der Waals surface area contributed by atoms with Crippen LogP contribution in [0.1, 0.15) is 5.56 Å². The number of nitrogens with zero attached hydrogens (tertiary/aromatic N) is 1. The predicted molar refractivity (Wildman–Crippen MR) is 81.4 cm³/mol. The van der Waals surface area contributed by atoms with Crippen molar-refractivity contribution in [1.82, 2.24) is 10.2 Å². The van der Waals surface area contributed by atoms with E-state index in [-0.39, 0.29) is 6.10 Å². The largest absolute Gasteiger partial charge is 0.486 e. The van der Waals surface area contributed by atoms with Crippen LogP contribution in [0.3, 0.4) is 0 Å². The molecule has 1 saturated heterocycles. The normalized spacial score (nSPS) is 22.3. The number of likely N-dealkylation sites (N-methyl/N-ethyl adjacent to an activating group) is 1. The Morgan fingerprint density at radius 3 is 3.00 bits per heavy atom. The number of fused-ring (bicyclic) bond motifs is 1. The first-order valence-electron chi connectivity index (χ1n) is 7.31. The molecule has 1 aromatic rings. The smallest absolute Gasteiger partial charge is 0.179 e. The quantitative estimate of drug-likeness (QED) is 0.913. The summed E-state index contributed by atoms with van der Waals surface area (Å²) in [6, 6.07) is 3.91. The summed E-state index contributed by atoms with van der Waals surface area (Å²) in [5.41, 5.74) is 1.09. The van der Waals surface area contributed by atoms with Crippen LogP contribution < -0.4 is 14.8 Å². The lowest BCUT2D eigenvalue weighted by molar-refractivity contribution is -0.0182. The molecule has 0 bridgehead atoms. The zero-order valence-electron chi connectivity index (χ0n) is 12.2. The van der Waals surface area contributed by atoms with E-state index in [4.69, 9.17) is 25.8 Å². The van der Waals surface area contributed by atoms with E-state index < -0.39 is 0 Å². The molecule has 1 atom stereocenters. The van der Waals surface area contributed by atoms with Gasteiger partial charge in [0, 0.05) is 26.2 Å². The third kappa shape index (κ3) is 3.80. The van der Waals surface area contributed by atoms with E-state index in [1.54, 1.807) is 0 Å². The highest BCUT2D eigenvalue weighted by molar-refractivity contribution is 6.32. The maximum absolute atomic E-state index is 6.23. The van der Waals surface area contributed by atoms with Crippen LogP contribution >= 0.6 is 11.6 Å². The van der Waals surface area contributed by atoms with Crippen molar-refractivity contribution < 1.29 is 14.2 Å². The van der Waals surface area contributed by atoms with Gasteiger partial charge in [0.15, 0.2) is 11.5 Å². The maximum Gasteiger partial charge on any atom is 0.179 e. The Labute approximate surface area is 130 Å². The molecule has 0 saturated carbocycles. The zero-order chi connectivity index (χ0) is 14.7. The average Bonchev–Trinajstić information content (AvgIpc) is 2.47. The summed E-state index contributed by atoms with van der Waals surface area (Å²) in [4.78, 5) is 2.29. The molecule has 2 aliphatic heterocycles. The van der Waals surface area contributed by atoms with Crippen molar-refractivity contribution in [2.75, 3.05) is 46.5 Å². The first-order chi connectivity index (χ1) is 10.2. The molecule has 116 valence electrons. The second kappa shape index (κ2) is 6.83. The molecular formula is C15H21ClN2O3. The van der Waals surface area contributed by atoms with E-state index in [1.807, 2.05) is 12.1 Å². The van der Waals surface area contributed by atoms with Gasteiger partial charge in [0.25, 0.3) is 0 Å². The lowest BCUT2D eigenvalue weighted by atomic mass is 10.2. The highest BCUT2D eigenvalue weighted by atomic mass is 35.5. The van der Waals surface area contributed by atoms with Gasteiger partial charge >= 0.3 is 0 Å². The van der Waals surface area contributed by atoms with Crippen molar-refractivity contribution in [3.05, 3.63) is 22.7 Å². The predicted octanol–water partition coefficient (Wildman–Crippen LogP) is 1.53. The van der Waals surface area contributed by atoms with Gasteiger partial charge in [0.1, 0.15) is 13.2 Å². The van der Waals surface area contributed by atoms with Crippen molar-refractivity contribution in [3.63, 3.8) is 0 Å². The number of benzene rings is 1. The number of halogens is 1. The van der Waals surface area contributed by atoms with E-state index in [2.05, 4.69) is 17.3 Å². The number of morpholine rings is 1. The van der Waals surface area contributed by atoms with Gasteiger partial charge in [0.2, 0.25) is 0 Å². The topological polar surface area (TPSA) is 43.0 Å². The van der Waals surface area contributed by atoms with Gasteiger partial charge < -0.3 is 24.4 Å². The Hall–Kier alpha value is -1.01. The minimum absolute atomic E-state index is 0.247. The minimum atomic E-state index is 0.247. The van der Waals surface area contributed by atoms with Gasteiger partial charge in [-0.05, 0) is 24.7 Å². The second-order valence-corrected chi connectivity index (χ2v) is 5.89. The first-order valence-corrected chi connectivity index (χ1v) is 7.69. The van der Waals surface area contributed by atoms with E-state index in [0.717, 1.165) is 44.1 Å². The highest BCUT2D eigenvalue weighted by Gasteiger charge is 2.18. The van der Waals surface area contributed by atoms with E-state index >= 15 is 0 Å². The lowest BCUT2D eigenvalue weighted by Crippen LogP contribution is -2.44.